The molecular formula is C17H20N4O3. The van der Waals surface area contributed by atoms with Gasteiger partial charge >= 0.3 is 0 Å². The summed E-state index contributed by atoms with van der Waals surface area (Å²) in [6.45, 7) is 5.05. The number of hydrogen-bond donors (Lipinski definition) is 2. The molecule has 0 fully saturated rings. The second-order valence-corrected chi connectivity index (χ2v) is 5.38. The zero-order valence-corrected chi connectivity index (χ0v) is 13.8. The van der Waals surface area contributed by atoms with Crippen molar-refractivity contribution in [3.63, 3.8) is 0 Å². The van der Waals surface area contributed by atoms with Crippen LogP contribution in [0.2, 0.25) is 0 Å². The third-order valence-electron chi connectivity index (χ3n) is 3.69. The van der Waals surface area contributed by atoms with Crippen LogP contribution in [-0.4, -0.2) is 27.6 Å². The lowest BCUT2D eigenvalue weighted by Gasteiger charge is -1.99. The molecule has 0 radical (unpaired) electrons. The van der Waals surface area contributed by atoms with Gasteiger partial charge in [0.2, 0.25) is 5.89 Å². The molecule has 126 valence electrons. The Bertz CT molecular complexity index is 837. The summed E-state index contributed by atoms with van der Waals surface area (Å²) in [4.78, 5) is 19.6. The Labute approximate surface area is 139 Å². The first-order chi connectivity index (χ1) is 11.7. The summed E-state index contributed by atoms with van der Waals surface area (Å²) in [6, 6.07) is 7.97. The summed E-state index contributed by atoms with van der Waals surface area (Å²) in [5.41, 5.74) is 2.69. The number of H-pyrrole nitrogens is 1. The van der Waals surface area contributed by atoms with Crippen molar-refractivity contribution in [2.24, 2.45) is 0 Å². The van der Waals surface area contributed by atoms with Gasteiger partial charge in [0.05, 0.1) is 6.54 Å². The minimum Gasteiger partial charge on any atom is -0.374 e. The van der Waals surface area contributed by atoms with E-state index in [1.54, 1.807) is 0 Å². The van der Waals surface area contributed by atoms with Gasteiger partial charge in [-0.25, -0.2) is 0 Å². The molecule has 0 unspecified atom stereocenters. The molecule has 2 N–H and O–H groups in total. The number of nitrogens with one attached hydrogen (secondary N) is 2. The van der Waals surface area contributed by atoms with Crippen LogP contribution in [0.4, 0.5) is 0 Å². The second-order valence-electron chi connectivity index (χ2n) is 5.38. The molecular weight excluding hydrogens is 308 g/mol. The van der Waals surface area contributed by atoms with Crippen LogP contribution in [0.25, 0.3) is 10.9 Å². The number of carbonyl (C=O) groups is 1. The van der Waals surface area contributed by atoms with Gasteiger partial charge in [-0.3, -0.25) is 4.79 Å². The van der Waals surface area contributed by atoms with Crippen molar-refractivity contribution < 1.29 is 14.1 Å². The smallest absolute Gasteiger partial charge is 0.268 e. The van der Waals surface area contributed by atoms with Crippen molar-refractivity contribution in [1.82, 2.24) is 20.4 Å². The van der Waals surface area contributed by atoms with Crippen LogP contribution >= 0.6 is 0 Å². The Morgan fingerprint density at radius 1 is 1.33 bits per heavy atom. The molecule has 3 aromatic rings. The molecule has 0 saturated carbocycles. The molecule has 1 aromatic carbocycles. The zero-order valence-electron chi connectivity index (χ0n) is 13.8. The van der Waals surface area contributed by atoms with Crippen LogP contribution in [0.1, 0.15) is 41.6 Å². The van der Waals surface area contributed by atoms with Crippen molar-refractivity contribution in [2.75, 3.05) is 6.61 Å². The van der Waals surface area contributed by atoms with Crippen LogP contribution < -0.4 is 5.32 Å². The van der Waals surface area contributed by atoms with Gasteiger partial charge in [0.1, 0.15) is 12.3 Å². The maximum Gasteiger partial charge on any atom is 0.268 e. The van der Waals surface area contributed by atoms with E-state index < -0.39 is 0 Å². The Balaban J connectivity index is 1.63. The fraction of sp³-hybridized carbons (Fsp3) is 0.353. The van der Waals surface area contributed by atoms with Crippen LogP contribution in [0.3, 0.4) is 0 Å². The summed E-state index contributed by atoms with van der Waals surface area (Å²) in [5.74, 6) is 0.607. The third kappa shape index (κ3) is 3.62. The van der Waals surface area contributed by atoms with Crippen molar-refractivity contribution >= 4 is 16.8 Å². The summed E-state index contributed by atoms with van der Waals surface area (Å²) in [7, 11) is 0. The summed E-state index contributed by atoms with van der Waals surface area (Å²) >= 11 is 0. The van der Waals surface area contributed by atoms with E-state index in [0.29, 0.717) is 30.6 Å². The van der Waals surface area contributed by atoms with Gasteiger partial charge < -0.3 is 19.6 Å². The van der Waals surface area contributed by atoms with Crippen LogP contribution in [0.5, 0.6) is 0 Å². The topological polar surface area (TPSA) is 93.0 Å². The average Bonchev–Trinajstić information content (AvgIpc) is 3.23. The van der Waals surface area contributed by atoms with Crippen molar-refractivity contribution in [3.05, 3.63) is 47.2 Å². The molecule has 0 aliphatic rings. The van der Waals surface area contributed by atoms with Crippen LogP contribution in [0.15, 0.2) is 28.8 Å². The van der Waals surface area contributed by atoms with Gasteiger partial charge in [-0.1, -0.05) is 24.2 Å². The number of ether oxygens (including phenoxy) is 1. The highest BCUT2D eigenvalue weighted by Gasteiger charge is 2.12. The Morgan fingerprint density at radius 3 is 3.00 bits per heavy atom. The summed E-state index contributed by atoms with van der Waals surface area (Å²) in [5, 5.41) is 7.56. The van der Waals surface area contributed by atoms with Crippen molar-refractivity contribution in [1.29, 1.82) is 0 Å². The first-order valence-electron chi connectivity index (χ1n) is 7.98. The van der Waals surface area contributed by atoms with Gasteiger partial charge in [0.25, 0.3) is 5.91 Å². The molecule has 1 amide bonds. The molecule has 0 aliphatic carbocycles. The summed E-state index contributed by atoms with van der Waals surface area (Å²) in [6.07, 6.45) is 0.956. The molecule has 2 aromatic heterocycles. The van der Waals surface area contributed by atoms with Gasteiger partial charge in [0, 0.05) is 17.5 Å². The highest BCUT2D eigenvalue weighted by Crippen LogP contribution is 2.17. The number of hydrogen-bond acceptors (Lipinski definition) is 5. The zero-order chi connectivity index (χ0) is 16.9. The quantitative estimate of drug-likeness (QED) is 0.695. The number of benzene rings is 1. The molecule has 3 rings (SSSR count). The Kier molecular flexibility index (Phi) is 4.90. The SMILES string of the molecule is CCOCc1noc(CNC(=O)c2cc3ccc(CC)cc3[nH]2)n1. The second kappa shape index (κ2) is 7.27. The molecule has 0 atom stereocenters. The van der Waals surface area contributed by atoms with E-state index in [2.05, 4.69) is 39.5 Å². The molecule has 0 bridgehead atoms. The van der Waals surface area contributed by atoms with Gasteiger partial charge in [-0.15, -0.1) is 0 Å². The van der Waals surface area contributed by atoms with Crippen molar-refractivity contribution in [3.8, 4) is 0 Å². The normalized spacial score (nSPS) is 11.1. The van der Waals surface area contributed by atoms with E-state index in [1.807, 2.05) is 19.1 Å². The summed E-state index contributed by atoms with van der Waals surface area (Å²) < 4.78 is 10.3. The number of aryl methyl sites for hydroxylation is 1. The molecule has 24 heavy (non-hydrogen) atoms. The van der Waals surface area contributed by atoms with E-state index in [-0.39, 0.29) is 12.5 Å². The third-order valence-corrected chi connectivity index (χ3v) is 3.69. The maximum absolute atomic E-state index is 12.3. The monoisotopic (exact) mass is 328 g/mol. The number of nitrogens with zero attached hydrogens (tertiary/aromatic N) is 2. The van der Waals surface area contributed by atoms with E-state index >= 15 is 0 Å². The van der Waals surface area contributed by atoms with E-state index in [0.717, 1.165) is 17.3 Å². The Hall–Kier alpha value is -2.67. The lowest BCUT2D eigenvalue weighted by Crippen LogP contribution is -2.23. The minimum atomic E-state index is -0.214. The van der Waals surface area contributed by atoms with Crippen LogP contribution in [-0.2, 0) is 24.3 Å². The first-order valence-corrected chi connectivity index (χ1v) is 7.98. The number of carbonyl (C=O) groups excluding carboxylic acids is 1. The molecule has 7 heteroatoms. The van der Waals surface area contributed by atoms with E-state index in [1.165, 1.54) is 5.56 Å². The standard InChI is InChI=1S/C17H20N4O3/c1-3-11-5-6-12-8-14(19-13(12)7-11)17(22)18-9-16-20-15(21-24-16)10-23-4-2/h5-8,19H,3-4,9-10H2,1-2H3,(H,18,22). The highest BCUT2D eigenvalue weighted by atomic mass is 16.5. The largest absolute Gasteiger partial charge is 0.374 e. The number of rotatable bonds is 7. The lowest BCUT2D eigenvalue weighted by atomic mass is 10.1. The maximum atomic E-state index is 12.3. The molecule has 2 heterocycles. The van der Waals surface area contributed by atoms with Crippen LogP contribution in [0, 0.1) is 0 Å². The molecule has 7 nitrogen and oxygen atoms in total. The first kappa shape index (κ1) is 16.2. The number of aromatic nitrogens is 3. The van der Waals surface area contributed by atoms with Crippen molar-refractivity contribution in [2.45, 2.75) is 33.4 Å². The average molecular weight is 328 g/mol. The molecule has 0 saturated heterocycles. The fourth-order valence-corrected chi connectivity index (χ4v) is 2.38. The fourth-order valence-electron chi connectivity index (χ4n) is 2.38. The van der Waals surface area contributed by atoms with Gasteiger partial charge in [0.15, 0.2) is 5.82 Å². The number of aromatic amines is 1. The minimum absolute atomic E-state index is 0.174. The predicted molar refractivity (Wildman–Crippen MR) is 88.5 cm³/mol. The molecule has 0 spiro atoms. The van der Waals surface area contributed by atoms with E-state index in [4.69, 9.17) is 9.26 Å². The molecule has 0 aliphatic heterocycles. The lowest BCUT2D eigenvalue weighted by molar-refractivity contribution is 0.0942. The number of amides is 1. The Morgan fingerprint density at radius 2 is 2.21 bits per heavy atom. The van der Waals surface area contributed by atoms with Gasteiger partial charge in [-0.05, 0) is 31.0 Å². The highest BCUT2D eigenvalue weighted by molar-refractivity contribution is 5.98. The predicted octanol–water partition coefficient (Wildman–Crippen LogP) is 2.58. The van der Waals surface area contributed by atoms with Gasteiger partial charge in [-0.2, -0.15) is 4.98 Å². The number of fused-ring (bicyclic) bond motifs is 1. The van der Waals surface area contributed by atoms with E-state index in [9.17, 15) is 4.79 Å².